The van der Waals surface area contributed by atoms with Gasteiger partial charge >= 0.3 is 0 Å². The van der Waals surface area contributed by atoms with Crippen LogP contribution in [-0.2, 0) is 0 Å². The topological polar surface area (TPSA) is 64.5 Å². The Kier molecular flexibility index (Phi) is 6.17. The molecule has 6 heteroatoms. The number of nitrogens with zero attached hydrogens (tertiary/aromatic N) is 4. The van der Waals surface area contributed by atoms with Crippen molar-refractivity contribution in [3.63, 3.8) is 0 Å². The Morgan fingerprint density at radius 2 is 1.95 bits per heavy atom. The molecule has 1 aromatic heterocycles. The van der Waals surface area contributed by atoms with E-state index in [1.807, 2.05) is 6.07 Å². The van der Waals surface area contributed by atoms with Crippen molar-refractivity contribution >= 4 is 5.95 Å². The molecule has 0 radical (unpaired) electrons. The molecule has 112 valence electrons. The maximum absolute atomic E-state index is 9.97. The van der Waals surface area contributed by atoms with E-state index in [1.165, 1.54) is 0 Å². The Labute approximate surface area is 120 Å². The van der Waals surface area contributed by atoms with Crippen molar-refractivity contribution in [3.05, 3.63) is 18.5 Å². The minimum atomic E-state index is -0.291. The van der Waals surface area contributed by atoms with E-state index in [0.29, 0.717) is 6.54 Å². The summed E-state index contributed by atoms with van der Waals surface area (Å²) in [5.41, 5.74) is 0. The van der Waals surface area contributed by atoms with E-state index in [1.54, 1.807) is 12.4 Å². The summed E-state index contributed by atoms with van der Waals surface area (Å²) in [6, 6.07) is 1.83. The Morgan fingerprint density at radius 1 is 1.25 bits per heavy atom. The molecule has 1 aliphatic rings. The summed E-state index contributed by atoms with van der Waals surface area (Å²) in [5.74, 6) is 0.803. The zero-order valence-electron chi connectivity index (χ0n) is 12.2. The van der Waals surface area contributed by atoms with Crippen LogP contribution in [0, 0.1) is 0 Å². The number of hydrogen-bond donors (Lipinski definition) is 2. The molecule has 0 bridgehead atoms. The Morgan fingerprint density at radius 3 is 2.60 bits per heavy atom. The molecule has 1 fully saturated rings. The van der Waals surface area contributed by atoms with E-state index in [9.17, 15) is 5.11 Å². The van der Waals surface area contributed by atoms with Crippen LogP contribution in [0.2, 0.25) is 0 Å². The normalized spacial score (nSPS) is 18.2. The number of nitrogens with one attached hydrogen (secondary N) is 1. The fraction of sp³-hybridized carbons (Fsp3) is 0.714. The van der Waals surface area contributed by atoms with Gasteiger partial charge in [0.25, 0.3) is 0 Å². The van der Waals surface area contributed by atoms with Crippen molar-refractivity contribution in [2.24, 2.45) is 0 Å². The maximum Gasteiger partial charge on any atom is 0.225 e. The summed E-state index contributed by atoms with van der Waals surface area (Å²) >= 11 is 0. The van der Waals surface area contributed by atoms with Crippen molar-refractivity contribution in [2.75, 3.05) is 50.7 Å². The molecule has 0 saturated carbocycles. The molecule has 6 nitrogen and oxygen atoms in total. The maximum atomic E-state index is 9.97. The molecule has 0 amide bonds. The molecular formula is C14H25N5O. The van der Waals surface area contributed by atoms with Gasteiger partial charge in [0.05, 0.1) is 6.10 Å². The molecule has 2 heterocycles. The Hall–Kier alpha value is -1.24. The lowest BCUT2D eigenvalue weighted by atomic mass is 10.2. The second-order valence-corrected chi connectivity index (χ2v) is 5.19. The molecule has 0 spiro atoms. The van der Waals surface area contributed by atoms with Gasteiger partial charge < -0.3 is 15.3 Å². The molecule has 0 aliphatic carbocycles. The fourth-order valence-corrected chi connectivity index (χ4v) is 2.39. The summed E-state index contributed by atoms with van der Waals surface area (Å²) < 4.78 is 0. The largest absolute Gasteiger partial charge is 0.390 e. The zero-order valence-corrected chi connectivity index (χ0v) is 12.2. The van der Waals surface area contributed by atoms with E-state index in [4.69, 9.17) is 0 Å². The molecule has 1 saturated heterocycles. The highest BCUT2D eigenvalue weighted by molar-refractivity contribution is 5.29. The lowest BCUT2D eigenvalue weighted by Gasteiger charge is -2.35. The first kappa shape index (κ1) is 15.2. The van der Waals surface area contributed by atoms with Gasteiger partial charge in [-0.2, -0.15) is 0 Å². The predicted octanol–water partition coefficient (Wildman–Crippen LogP) is -0.0409. The van der Waals surface area contributed by atoms with Gasteiger partial charge in [-0.05, 0) is 19.0 Å². The standard InChI is InChI=1S/C14H25N5O/c1-2-4-15-11-13(20)12-18-7-9-19(10-8-18)14-16-5-3-6-17-14/h3,5-6,13,15,20H,2,4,7-12H2,1H3. The Balaban J connectivity index is 1.69. The van der Waals surface area contributed by atoms with Crippen LogP contribution in [0.5, 0.6) is 0 Å². The predicted molar refractivity (Wildman–Crippen MR) is 79.9 cm³/mol. The third-order valence-corrected chi connectivity index (χ3v) is 3.48. The van der Waals surface area contributed by atoms with Gasteiger partial charge in [-0.3, -0.25) is 4.90 Å². The molecule has 1 aliphatic heterocycles. The van der Waals surface area contributed by atoms with E-state index in [2.05, 4.69) is 32.0 Å². The number of β-amino-alcohol motifs (C(OH)–C–C–N with tert-alkyl or cyclic N) is 1. The van der Waals surface area contributed by atoms with Crippen LogP contribution in [0.25, 0.3) is 0 Å². The van der Waals surface area contributed by atoms with Crippen molar-refractivity contribution in [3.8, 4) is 0 Å². The summed E-state index contributed by atoms with van der Waals surface area (Å²) in [6.07, 6.45) is 4.36. The van der Waals surface area contributed by atoms with Crippen molar-refractivity contribution in [1.29, 1.82) is 0 Å². The summed E-state index contributed by atoms with van der Waals surface area (Å²) in [7, 11) is 0. The average molecular weight is 279 g/mol. The van der Waals surface area contributed by atoms with Crippen molar-refractivity contribution in [1.82, 2.24) is 20.2 Å². The molecule has 20 heavy (non-hydrogen) atoms. The van der Waals surface area contributed by atoms with Crippen LogP contribution in [-0.4, -0.2) is 71.9 Å². The number of aromatic nitrogens is 2. The minimum absolute atomic E-state index is 0.291. The quantitative estimate of drug-likeness (QED) is 0.683. The molecule has 2 rings (SSSR count). The zero-order chi connectivity index (χ0) is 14.2. The van der Waals surface area contributed by atoms with E-state index >= 15 is 0 Å². The van der Waals surface area contributed by atoms with Gasteiger partial charge in [-0.1, -0.05) is 6.92 Å². The monoisotopic (exact) mass is 279 g/mol. The first-order valence-electron chi connectivity index (χ1n) is 7.42. The third-order valence-electron chi connectivity index (χ3n) is 3.48. The van der Waals surface area contributed by atoms with Crippen molar-refractivity contribution < 1.29 is 5.11 Å². The molecule has 2 N–H and O–H groups in total. The lowest BCUT2D eigenvalue weighted by molar-refractivity contribution is 0.108. The number of aliphatic hydroxyl groups excluding tert-OH is 1. The SMILES string of the molecule is CCCNCC(O)CN1CCN(c2ncccn2)CC1. The van der Waals surface area contributed by atoms with E-state index in [-0.39, 0.29) is 6.10 Å². The highest BCUT2D eigenvalue weighted by atomic mass is 16.3. The second-order valence-electron chi connectivity index (χ2n) is 5.19. The van der Waals surface area contributed by atoms with E-state index in [0.717, 1.165) is 51.6 Å². The molecule has 1 atom stereocenters. The molecule has 1 aromatic rings. The highest BCUT2D eigenvalue weighted by Gasteiger charge is 2.20. The van der Waals surface area contributed by atoms with Crippen LogP contribution in [0.15, 0.2) is 18.5 Å². The fourth-order valence-electron chi connectivity index (χ4n) is 2.39. The first-order chi connectivity index (χ1) is 9.79. The number of anilines is 1. The van der Waals surface area contributed by atoms with Crippen LogP contribution < -0.4 is 10.2 Å². The smallest absolute Gasteiger partial charge is 0.225 e. The number of aliphatic hydroxyl groups is 1. The van der Waals surface area contributed by atoms with Crippen LogP contribution in [0.1, 0.15) is 13.3 Å². The van der Waals surface area contributed by atoms with Gasteiger partial charge in [-0.15, -0.1) is 0 Å². The molecule has 1 unspecified atom stereocenters. The van der Waals surface area contributed by atoms with Crippen molar-refractivity contribution in [2.45, 2.75) is 19.4 Å². The summed E-state index contributed by atoms with van der Waals surface area (Å²) in [6.45, 7) is 8.24. The lowest BCUT2D eigenvalue weighted by Crippen LogP contribution is -2.50. The van der Waals surface area contributed by atoms with E-state index < -0.39 is 0 Å². The number of piperazine rings is 1. The minimum Gasteiger partial charge on any atom is -0.390 e. The number of rotatable bonds is 7. The van der Waals surface area contributed by atoms with Crippen LogP contribution >= 0.6 is 0 Å². The highest BCUT2D eigenvalue weighted by Crippen LogP contribution is 2.09. The number of hydrogen-bond acceptors (Lipinski definition) is 6. The summed E-state index contributed by atoms with van der Waals surface area (Å²) in [4.78, 5) is 13.0. The first-order valence-corrected chi connectivity index (χ1v) is 7.42. The molecular weight excluding hydrogens is 254 g/mol. The van der Waals surface area contributed by atoms with Crippen LogP contribution in [0.4, 0.5) is 5.95 Å². The molecule has 0 aromatic carbocycles. The second kappa shape index (κ2) is 8.14. The third kappa shape index (κ3) is 4.70. The Bertz CT molecular complexity index is 367. The average Bonchev–Trinajstić information content (AvgIpc) is 2.49. The van der Waals surface area contributed by atoms with Gasteiger partial charge in [0.1, 0.15) is 0 Å². The van der Waals surface area contributed by atoms with Crippen LogP contribution in [0.3, 0.4) is 0 Å². The van der Waals surface area contributed by atoms with Gasteiger partial charge in [0.2, 0.25) is 5.95 Å². The van der Waals surface area contributed by atoms with Gasteiger partial charge in [-0.25, -0.2) is 9.97 Å². The summed E-state index contributed by atoms with van der Waals surface area (Å²) in [5, 5.41) is 13.2. The van der Waals surface area contributed by atoms with Gasteiger partial charge in [0.15, 0.2) is 0 Å². The van der Waals surface area contributed by atoms with Gasteiger partial charge in [0, 0.05) is 51.7 Å².